The van der Waals surface area contributed by atoms with Crippen molar-refractivity contribution >= 4 is 5.91 Å². The van der Waals surface area contributed by atoms with Crippen LogP contribution in [0.1, 0.15) is 40.5 Å². The lowest BCUT2D eigenvalue weighted by Crippen LogP contribution is -2.42. The molecule has 0 aromatic heterocycles. The van der Waals surface area contributed by atoms with Crippen LogP contribution in [0, 0.1) is 5.92 Å². The number of likely N-dealkylation sites (tertiary alicyclic amines) is 2. The fourth-order valence-corrected chi connectivity index (χ4v) is 3.27. The molecule has 4 nitrogen and oxygen atoms in total. The van der Waals surface area contributed by atoms with E-state index in [9.17, 15) is 4.79 Å². The molecule has 2 fully saturated rings. The number of carbonyl (C=O) groups excluding carboxylic acids is 1. The molecule has 110 valence electrons. The Balaban J connectivity index is 1.80. The average molecular weight is 267 g/mol. The number of amides is 1. The molecule has 2 saturated heterocycles. The molecule has 2 aliphatic rings. The first-order chi connectivity index (χ1) is 8.97. The number of hydrogen-bond acceptors (Lipinski definition) is 3. The van der Waals surface area contributed by atoms with Gasteiger partial charge in [0.2, 0.25) is 5.91 Å². The summed E-state index contributed by atoms with van der Waals surface area (Å²) >= 11 is 0. The zero-order valence-electron chi connectivity index (χ0n) is 12.9. The highest BCUT2D eigenvalue weighted by atomic mass is 16.2. The molecule has 2 unspecified atom stereocenters. The third-order valence-corrected chi connectivity index (χ3v) is 4.36. The number of nitrogens with zero attached hydrogens (tertiary/aromatic N) is 2. The molecule has 2 atom stereocenters. The van der Waals surface area contributed by atoms with Crippen molar-refractivity contribution in [2.24, 2.45) is 5.92 Å². The third-order valence-electron chi connectivity index (χ3n) is 4.36. The van der Waals surface area contributed by atoms with E-state index in [-0.39, 0.29) is 6.04 Å². The molecule has 2 aliphatic heterocycles. The molecule has 4 heteroatoms. The van der Waals surface area contributed by atoms with Gasteiger partial charge >= 0.3 is 0 Å². The van der Waals surface area contributed by atoms with Crippen LogP contribution in [0.5, 0.6) is 0 Å². The Morgan fingerprint density at radius 1 is 1.21 bits per heavy atom. The molecule has 1 N–H and O–H groups in total. The van der Waals surface area contributed by atoms with Crippen molar-refractivity contribution in [3.8, 4) is 0 Å². The number of nitrogens with one attached hydrogen (secondary N) is 1. The summed E-state index contributed by atoms with van der Waals surface area (Å²) in [6.07, 6.45) is 2.21. The molecule has 2 heterocycles. The second kappa shape index (κ2) is 6.23. The molecule has 1 amide bonds. The Morgan fingerprint density at radius 3 is 2.53 bits per heavy atom. The quantitative estimate of drug-likeness (QED) is 0.816. The summed E-state index contributed by atoms with van der Waals surface area (Å²) in [5.74, 6) is 0.987. The molecule has 0 aliphatic carbocycles. The first-order valence-corrected chi connectivity index (χ1v) is 7.76. The molecule has 19 heavy (non-hydrogen) atoms. The Kier molecular flexibility index (Phi) is 4.85. The first-order valence-electron chi connectivity index (χ1n) is 7.76. The van der Waals surface area contributed by atoms with E-state index in [1.54, 1.807) is 0 Å². The summed E-state index contributed by atoms with van der Waals surface area (Å²) in [6.45, 7) is 13.0. The van der Waals surface area contributed by atoms with Crippen LogP contribution in [0.4, 0.5) is 0 Å². The van der Waals surface area contributed by atoms with E-state index in [1.807, 2.05) is 0 Å². The summed E-state index contributed by atoms with van der Waals surface area (Å²) in [5.41, 5.74) is 0. The zero-order chi connectivity index (χ0) is 14.0. The highest BCUT2D eigenvalue weighted by Gasteiger charge is 2.34. The van der Waals surface area contributed by atoms with Crippen LogP contribution < -0.4 is 5.32 Å². The van der Waals surface area contributed by atoms with Crippen molar-refractivity contribution in [1.82, 2.24) is 15.1 Å². The second-order valence-electron chi connectivity index (χ2n) is 6.69. The highest BCUT2D eigenvalue weighted by Crippen LogP contribution is 2.22. The lowest BCUT2D eigenvalue weighted by Gasteiger charge is -2.23. The maximum atomic E-state index is 12.3. The van der Waals surface area contributed by atoms with E-state index in [0.29, 0.717) is 23.9 Å². The maximum Gasteiger partial charge on any atom is 0.239 e. The van der Waals surface area contributed by atoms with E-state index in [4.69, 9.17) is 0 Å². The minimum Gasteiger partial charge on any atom is -0.341 e. The van der Waals surface area contributed by atoms with Gasteiger partial charge in [-0.25, -0.2) is 0 Å². The molecule has 2 rings (SSSR count). The van der Waals surface area contributed by atoms with Gasteiger partial charge in [-0.2, -0.15) is 0 Å². The average Bonchev–Trinajstić information content (AvgIpc) is 2.91. The summed E-state index contributed by atoms with van der Waals surface area (Å²) in [5, 5.41) is 3.37. The molecular weight excluding hydrogens is 238 g/mol. The van der Waals surface area contributed by atoms with Crippen LogP contribution >= 0.6 is 0 Å². The first kappa shape index (κ1) is 14.8. The minimum atomic E-state index is 0.0580. The predicted octanol–water partition coefficient (Wildman–Crippen LogP) is 1.32. The molecule has 0 saturated carbocycles. The van der Waals surface area contributed by atoms with E-state index in [0.717, 1.165) is 26.1 Å². The van der Waals surface area contributed by atoms with Gasteiger partial charge in [0.25, 0.3) is 0 Å². The normalized spacial score (nSPS) is 29.2. The maximum absolute atomic E-state index is 12.3. The predicted molar refractivity (Wildman–Crippen MR) is 78.1 cm³/mol. The van der Waals surface area contributed by atoms with Crippen LogP contribution in [0.25, 0.3) is 0 Å². The summed E-state index contributed by atoms with van der Waals surface area (Å²) in [7, 11) is 0. The molecule has 0 bridgehead atoms. The van der Waals surface area contributed by atoms with E-state index >= 15 is 0 Å². The summed E-state index contributed by atoms with van der Waals surface area (Å²) in [6, 6.07) is 1.08. The highest BCUT2D eigenvalue weighted by molar-refractivity contribution is 5.84. The van der Waals surface area contributed by atoms with Crippen LogP contribution in [-0.2, 0) is 4.79 Å². The largest absolute Gasteiger partial charge is 0.341 e. The van der Waals surface area contributed by atoms with Gasteiger partial charge < -0.3 is 15.1 Å². The van der Waals surface area contributed by atoms with Crippen molar-refractivity contribution in [3.05, 3.63) is 0 Å². The van der Waals surface area contributed by atoms with Crippen LogP contribution in [0.2, 0.25) is 0 Å². The van der Waals surface area contributed by atoms with Gasteiger partial charge in [-0.1, -0.05) is 13.8 Å². The fourth-order valence-electron chi connectivity index (χ4n) is 3.27. The Labute approximate surface area is 117 Å². The van der Waals surface area contributed by atoms with Crippen LogP contribution in [0.15, 0.2) is 0 Å². The Bertz CT molecular complexity index is 317. The van der Waals surface area contributed by atoms with E-state index < -0.39 is 0 Å². The standard InChI is InChI=1S/C15H29N3O/c1-11(2)16-14-6-8-18(15(14)19)10-13-5-7-17(9-13)12(3)4/h11-14,16H,5-10H2,1-4H3. The number of rotatable bonds is 5. The monoisotopic (exact) mass is 267 g/mol. The van der Waals surface area contributed by atoms with Crippen molar-refractivity contribution in [2.75, 3.05) is 26.2 Å². The molecule has 0 radical (unpaired) electrons. The molecule has 0 aromatic carbocycles. The smallest absolute Gasteiger partial charge is 0.239 e. The number of carbonyl (C=O) groups is 1. The second-order valence-corrected chi connectivity index (χ2v) is 6.69. The van der Waals surface area contributed by atoms with Crippen molar-refractivity contribution in [1.29, 1.82) is 0 Å². The topological polar surface area (TPSA) is 35.6 Å². The molecule has 0 spiro atoms. The van der Waals surface area contributed by atoms with Gasteiger partial charge in [-0.15, -0.1) is 0 Å². The van der Waals surface area contributed by atoms with E-state index in [1.165, 1.54) is 13.0 Å². The summed E-state index contributed by atoms with van der Waals surface area (Å²) < 4.78 is 0. The van der Waals surface area contributed by atoms with Gasteiger partial charge in [-0.3, -0.25) is 4.79 Å². The number of hydrogen-bond donors (Lipinski definition) is 1. The summed E-state index contributed by atoms with van der Waals surface area (Å²) in [4.78, 5) is 16.9. The Morgan fingerprint density at radius 2 is 1.95 bits per heavy atom. The zero-order valence-corrected chi connectivity index (χ0v) is 12.9. The van der Waals surface area contributed by atoms with Crippen LogP contribution in [0.3, 0.4) is 0 Å². The van der Waals surface area contributed by atoms with Gasteiger partial charge in [0, 0.05) is 31.7 Å². The third kappa shape index (κ3) is 3.69. The van der Waals surface area contributed by atoms with Gasteiger partial charge in [-0.05, 0) is 39.2 Å². The van der Waals surface area contributed by atoms with E-state index in [2.05, 4.69) is 42.8 Å². The van der Waals surface area contributed by atoms with Crippen LogP contribution in [-0.4, -0.2) is 60.0 Å². The van der Waals surface area contributed by atoms with Gasteiger partial charge in [0.05, 0.1) is 6.04 Å². The van der Waals surface area contributed by atoms with Crippen molar-refractivity contribution < 1.29 is 4.79 Å². The van der Waals surface area contributed by atoms with Crippen molar-refractivity contribution in [3.63, 3.8) is 0 Å². The molecule has 0 aromatic rings. The minimum absolute atomic E-state index is 0.0580. The fraction of sp³-hybridized carbons (Fsp3) is 0.933. The SMILES string of the molecule is CC(C)NC1CCN(CC2CCN(C(C)C)C2)C1=O. The van der Waals surface area contributed by atoms with Gasteiger partial charge in [0.1, 0.15) is 0 Å². The lowest BCUT2D eigenvalue weighted by atomic mass is 10.1. The lowest BCUT2D eigenvalue weighted by molar-refractivity contribution is -0.130. The van der Waals surface area contributed by atoms with Crippen molar-refractivity contribution in [2.45, 2.75) is 58.7 Å². The molecular formula is C15H29N3O. The van der Waals surface area contributed by atoms with Gasteiger partial charge in [0.15, 0.2) is 0 Å². The Hall–Kier alpha value is -0.610.